The Morgan fingerprint density at radius 3 is 2.46 bits per heavy atom. The lowest BCUT2D eigenvalue weighted by molar-refractivity contribution is -0.210. The van der Waals surface area contributed by atoms with Crippen molar-refractivity contribution in [3.63, 3.8) is 0 Å². The SMILES string of the molecule is CC(C)=C1CC2C(C)(CCC(OC(=O)C(C)(O)C(C)Cl)C2(C)O)CC1=O. The Bertz CT molecular complexity index is 630. The Balaban J connectivity index is 2.29. The molecule has 2 fully saturated rings. The summed E-state index contributed by atoms with van der Waals surface area (Å²) in [5.74, 6) is -0.889. The van der Waals surface area contributed by atoms with Gasteiger partial charge in [0.1, 0.15) is 11.7 Å². The summed E-state index contributed by atoms with van der Waals surface area (Å²) in [5.41, 5.74) is -1.72. The molecule has 0 aliphatic heterocycles. The van der Waals surface area contributed by atoms with E-state index in [0.29, 0.717) is 25.7 Å². The maximum Gasteiger partial charge on any atom is 0.339 e. The van der Waals surface area contributed by atoms with Crippen molar-refractivity contribution >= 4 is 23.4 Å². The molecule has 0 aromatic carbocycles. The molecule has 2 saturated carbocycles. The monoisotopic (exact) mass is 386 g/mol. The second-order valence-corrected chi connectivity index (χ2v) is 9.57. The number of hydrogen-bond acceptors (Lipinski definition) is 5. The van der Waals surface area contributed by atoms with Crippen molar-refractivity contribution in [1.29, 1.82) is 0 Å². The summed E-state index contributed by atoms with van der Waals surface area (Å²) in [5, 5.41) is 20.7. The van der Waals surface area contributed by atoms with Gasteiger partial charge in [-0.3, -0.25) is 4.79 Å². The van der Waals surface area contributed by atoms with Crippen molar-refractivity contribution in [2.75, 3.05) is 0 Å². The van der Waals surface area contributed by atoms with Crippen LogP contribution in [0.15, 0.2) is 11.1 Å². The van der Waals surface area contributed by atoms with E-state index < -0.39 is 28.7 Å². The number of ketones is 1. The lowest BCUT2D eigenvalue weighted by Gasteiger charge is -2.55. The van der Waals surface area contributed by atoms with Crippen LogP contribution in [0.2, 0.25) is 0 Å². The molecule has 2 aliphatic carbocycles. The molecule has 0 aromatic heterocycles. The number of allylic oxidation sites excluding steroid dienone is 2. The third-order valence-electron chi connectivity index (χ3n) is 6.53. The molecule has 148 valence electrons. The Morgan fingerprint density at radius 1 is 1.38 bits per heavy atom. The minimum Gasteiger partial charge on any atom is -0.457 e. The van der Waals surface area contributed by atoms with Crippen molar-refractivity contribution in [1.82, 2.24) is 0 Å². The van der Waals surface area contributed by atoms with Crippen LogP contribution < -0.4 is 0 Å². The highest BCUT2D eigenvalue weighted by molar-refractivity contribution is 6.22. The molecule has 26 heavy (non-hydrogen) atoms. The van der Waals surface area contributed by atoms with E-state index in [9.17, 15) is 19.8 Å². The molecule has 6 atom stereocenters. The summed E-state index contributed by atoms with van der Waals surface area (Å²) < 4.78 is 5.52. The van der Waals surface area contributed by atoms with E-state index in [1.54, 1.807) is 6.92 Å². The molecular weight excluding hydrogens is 356 g/mol. The molecular formula is C20H31ClO5. The number of alkyl halides is 1. The van der Waals surface area contributed by atoms with Gasteiger partial charge >= 0.3 is 5.97 Å². The second-order valence-electron chi connectivity index (χ2n) is 8.91. The fourth-order valence-electron chi connectivity index (χ4n) is 4.39. The lowest BCUT2D eigenvalue weighted by atomic mass is 9.53. The molecule has 5 nitrogen and oxygen atoms in total. The summed E-state index contributed by atoms with van der Waals surface area (Å²) in [6, 6.07) is 0. The van der Waals surface area contributed by atoms with Gasteiger partial charge in [-0.2, -0.15) is 0 Å². The van der Waals surface area contributed by atoms with Crippen LogP contribution >= 0.6 is 11.6 Å². The molecule has 0 saturated heterocycles. The van der Waals surface area contributed by atoms with Crippen LogP contribution in [0.4, 0.5) is 0 Å². The highest BCUT2D eigenvalue weighted by atomic mass is 35.5. The molecule has 0 aromatic rings. The van der Waals surface area contributed by atoms with Gasteiger partial charge in [-0.25, -0.2) is 4.79 Å². The number of rotatable bonds is 3. The molecule has 0 amide bonds. The fraction of sp³-hybridized carbons (Fsp3) is 0.800. The summed E-state index contributed by atoms with van der Waals surface area (Å²) in [6.45, 7) is 10.3. The maximum atomic E-state index is 12.5. The van der Waals surface area contributed by atoms with Gasteiger partial charge in [-0.1, -0.05) is 12.5 Å². The van der Waals surface area contributed by atoms with E-state index >= 15 is 0 Å². The van der Waals surface area contributed by atoms with Gasteiger partial charge in [0.05, 0.1) is 5.38 Å². The van der Waals surface area contributed by atoms with Crippen LogP contribution in [0, 0.1) is 11.3 Å². The van der Waals surface area contributed by atoms with E-state index in [1.165, 1.54) is 13.8 Å². The van der Waals surface area contributed by atoms with E-state index in [1.807, 2.05) is 20.8 Å². The third-order valence-corrected chi connectivity index (χ3v) is 6.95. The number of Topliss-reactive ketones (excluding diaryl/α,β-unsaturated/α-hetero) is 1. The van der Waals surface area contributed by atoms with E-state index in [-0.39, 0.29) is 17.1 Å². The Kier molecular flexibility index (Phi) is 5.69. The summed E-state index contributed by atoms with van der Waals surface area (Å²) in [7, 11) is 0. The van der Waals surface area contributed by atoms with Gasteiger partial charge in [0.25, 0.3) is 0 Å². The van der Waals surface area contributed by atoms with Crippen molar-refractivity contribution in [3.8, 4) is 0 Å². The summed E-state index contributed by atoms with van der Waals surface area (Å²) >= 11 is 5.90. The molecule has 6 heteroatoms. The third kappa shape index (κ3) is 3.58. The van der Waals surface area contributed by atoms with Crippen molar-refractivity contribution in [3.05, 3.63) is 11.1 Å². The van der Waals surface area contributed by atoms with Crippen LogP contribution in [0.5, 0.6) is 0 Å². The van der Waals surface area contributed by atoms with Crippen LogP contribution in [0.3, 0.4) is 0 Å². The quantitative estimate of drug-likeness (QED) is 0.442. The van der Waals surface area contributed by atoms with Crippen LogP contribution in [0.1, 0.15) is 67.2 Å². The van der Waals surface area contributed by atoms with Crippen molar-refractivity contribution in [2.24, 2.45) is 11.3 Å². The van der Waals surface area contributed by atoms with Gasteiger partial charge in [0, 0.05) is 12.3 Å². The molecule has 0 heterocycles. The van der Waals surface area contributed by atoms with Gasteiger partial charge in [0.2, 0.25) is 0 Å². The van der Waals surface area contributed by atoms with Gasteiger partial charge in [-0.15, -0.1) is 11.6 Å². The molecule has 2 rings (SSSR count). The molecule has 0 spiro atoms. The Hall–Kier alpha value is -0.910. The average Bonchev–Trinajstić information content (AvgIpc) is 2.48. The van der Waals surface area contributed by atoms with Gasteiger partial charge in [-0.05, 0) is 64.9 Å². The largest absolute Gasteiger partial charge is 0.457 e. The minimum atomic E-state index is -1.83. The first-order valence-electron chi connectivity index (χ1n) is 9.23. The molecule has 0 radical (unpaired) electrons. The fourth-order valence-corrected chi connectivity index (χ4v) is 4.47. The molecule has 2 aliphatic rings. The first-order chi connectivity index (χ1) is 11.7. The minimum absolute atomic E-state index is 0.147. The predicted molar refractivity (Wildman–Crippen MR) is 99.9 cm³/mol. The van der Waals surface area contributed by atoms with E-state index in [4.69, 9.17) is 16.3 Å². The second kappa shape index (κ2) is 6.92. The number of carbonyl (C=O) groups is 2. The highest BCUT2D eigenvalue weighted by Gasteiger charge is 2.58. The van der Waals surface area contributed by atoms with Crippen LogP contribution in [-0.2, 0) is 14.3 Å². The van der Waals surface area contributed by atoms with E-state index in [0.717, 1.165) is 11.1 Å². The first kappa shape index (κ1) is 21.4. The molecule has 2 N–H and O–H groups in total. The van der Waals surface area contributed by atoms with Gasteiger partial charge < -0.3 is 14.9 Å². The van der Waals surface area contributed by atoms with Crippen LogP contribution in [0.25, 0.3) is 0 Å². The predicted octanol–water partition coefficient (Wildman–Crippen LogP) is 3.14. The number of esters is 1. The highest BCUT2D eigenvalue weighted by Crippen LogP contribution is 2.55. The Labute approximate surface area is 160 Å². The zero-order valence-electron chi connectivity index (χ0n) is 16.6. The summed E-state index contributed by atoms with van der Waals surface area (Å²) in [6.07, 6.45) is 1.23. The van der Waals surface area contributed by atoms with E-state index in [2.05, 4.69) is 0 Å². The first-order valence-corrected chi connectivity index (χ1v) is 9.66. The topological polar surface area (TPSA) is 83.8 Å². The number of carbonyl (C=O) groups excluding carboxylic acids is 2. The Morgan fingerprint density at radius 2 is 1.96 bits per heavy atom. The number of aliphatic hydroxyl groups is 2. The zero-order valence-corrected chi connectivity index (χ0v) is 17.3. The molecule has 0 bridgehead atoms. The zero-order chi connectivity index (χ0) is 20.1. The lowest BCUT2D eigenvalue weighted by Crippen LogP contribution is -2.61. The molecule has 6 unspecified atom stereocenters. The van der Waals surface area contributed by atoms with Crippen LogP contribution in [-0.4, -0.2) is 44.6 Å². The standard InChI is InChI=1S/C20H31ClO5/c1-11(2)13-9-15-18(4,10-14(13)22)8-7-16(20(15,6)25)26-17(23)19(5,24)12(3)21/h12,15-16,24-25H,7-10H2,1-6H3. The number of fused-ring (bicyclic) bond motifs is 1. The smallest absolute Gasteiger partial charge is 0.339 e. The van der Waals surface area contributed by atoms with Gasteiger partial charge in [0.15, 0.2) is 11.4 Å². The van der Waals surface area contributed by atoms with Crippen molar-refractivity contribution in [2.45, 2.75) is 89.9 Å². The van der Waals surface area contributed by atoms with Crippen molar-refractivity contribution < 1.29 is 24.5 Å². The number of ether oxygens (including phenoxy) is 1. The maximum absolute atomic E-state index is 12.5. The normalized spacial score (nSPS) is 38.2. The average molecular weight is 387 g/mol. The number of hydrogen-bond donors (Lipinski definition) is 2. The summed E-state index contributed by atoms with van der Waals surface area (Å²) in [4.78, 5) is 24.9. The number of halogens is 1.